The highest BCUT2D eigenvalue weighted by molar-refractivity contribution is 5.67. The summed E-state index contributed by atoms with van der Waals surface area (Å²) in [5.74, 6) is 0.709. The van der Waals surface area contributed by atoms with Crippen LogP contribution in [0.3, 0.4) is 0 Å². The van der Waals surface area contributed by atoms with Crippen LogP contribution >= 0.6 is 0 Å². The lowest BCUT2D eigenvalue weighted by Crippen LogP contribution is -2.49. The molecule has 1 aliphatic carbocycles. The largest absolute Gasteiger partial charge is 0.444 e. The summed E-state index contributed by atoms with van der Waals surface area (Å²) in [7, 11) is 0. The minimum atomic E-state index is -0.435. The smallest absolute Gasteiger partial charge is 0.407 e. The van der Waals surface area contributed by atoms with Crippen molar-refractivity contribution in [1.29, 1.82) is 0 Å². The molecule has 0 aromatic heterocycles. The molecule has 4 nitrogen and oxygen atoms in total. The van der Waals surface area contributed by atoms with Crippen molar-refractivity contribution in [1.82, 2.24) is 10.2 Å². The van der Waals surface area contributed by atoms with E-state index >= 15 is 0 Å². The predicted molar refractivity (Wildman–Crippen MR) is 91.1 cm³/mol. The van der Waals surface area contributed by atoms with Gasteiger partial charge in [-0.05, 0) is 45.1 Å². The molecule has 1 amide bonds. The van der Waals surface area contributed by atoms with Crippen LogP contribution in [0.4, 0.5) is 4.79 Å². The van der Waals surface area contributed by atoms with Gasteiger partial charge in [0.1, 0.15) is 5.60 Å². The third-order valence-electron chi connectivity index (χ3n) is 5.11. The second-order valence-electron chi connectivity index (χ2n) is 8.11. The number of nitrogens with one attached hydrogen (secondary N) is 1. The fourth-order valence-electron chi connectivity index (χ4n) is 3.88. The summed E-state index contributed by atoms with van der Waals surface area (Å²) in [6, 6.07) is 10.6. The molecular weight excluding hydrogens is 288 g/mol. The second kappa shape index (κ2) is 6.16. The van der Waals surface area contributed by atoms with Crippen LogP contribution in [0.2, 0.25) is 0 Å². The number of likely N-dealkylation sites (tertiary alicyclic amines) is 1. The molecule has 126 valence electrons. The van der Waals surface area contributed by atoms with Crippen molar-refractivity contribution >= 4 is 6.09 Å². The highest BCUT2D eigenvalue weighted by atomic mass is 16.6. The van der Waals surface area contributed by atoms with Crippen LogP contribution < -0.4 is 5.32 Å². The van der Waals surface area contributed by atoms with E-state index < -0.39 is 5.60 Å². The number of nitrogens with zero attached hydrogens (tertiary/aromatic N) is 1. The first-order valence-corrected chi connectivity index (χ1v) is 8.59. The Morgan fingerprint density at radius 3 is 2.70 bits per heavy atom. The lowest BCUT2D eigenvalue weighted by atomic mass is 9.62. The first-order valence-electron chi connectivity index (χ1n) is 8.59. The van der Waals surface area contributed by atoms with Gasteiger partial charge in [-0.3, -0.25) is 4.90 Å². The SMILES string of the molecule is CC(C)(C)OC(=O)NC[C@@]12CC[C@H]1CN(Cc1ccccc1)C2. The molecule has 1 N–H and O–H groups in total. The molecule has 2 aliphatic rings. The monoisotopic (exact) mass is 316 g/mol. The van der Waals surface area contributed by atoms with Gasteiger partial charge < -0.3 is 10.1 Å². The molecule has 0 spiro atoms. The van der Waals surface area contributed by atoms with Crippen molar-refractivity contribution in [2.75, 3.05) is 19.6 Å². The molecular formula is C19H28N2O2. The first-order chi connectivity index (χ1) is 10.9. The van der Waals surface area contributed by atoms with Crippen molar-refractivity contribution < 1.29 is 9.53 Å². The Balaban J connectivity index is 1.53. The van der Waals surface area contributed by atoms with E-state index in [0.717, 1.165) is 26.2 Å². The molecule has 23 heavy (non-hydrogen) atoms. The molecule has 1 saturated heterocycles. The minimum absolute atomic E-state index is 0.256. The van der Waals surface area contributed by atoms with Gasteiger partial charge in [0.15, 0.2) is 0 Å². The molecule has 0 unspecified atom stereocenters. The highest BCUT2D eigenvalue weighted by Gasteiger charge is 2.52. The zero-order valence-electron chi connectivity index (χ0n) is 14.5. The average molecular weight is 316 g/mol. The quantitative estimate of drug-likeness (QED) is 0.925. The van der Waals surface area contributed by atoms with Gasteiger partial charge in [-0.1, -0.05) is 30.3 Å². The molecule has 3 rings (SSSR count). The van der Waals surface area contributed by atoms with Gasteiger partial charge in [-0.25, -0.2) is 4.79 Å². The van der Waals surface area contributed by atoms with E-state index in [2.05, 4.69) is 40.5 Å². The molecule has 1 aliphatic heterocycles. The zero-order chi connectivity index (χ0) is 16.5. The number of hydrogen-bond acceptors (Lipinski definition) is 3. The number of amides is 1. The fraction of sp³-hybridized carbons (Fsp3) is 0.632. The first kappa shape index (κ1) is 16.3. The Morgan fingerprint density at radius 1 is 1.35 bits per heavy atom. The van der Waals surface area contributed by atoms with Crippen molar-refractivity contribution in [3.8, 4) is 0 Å². The lowest BCUT2D eigenvalue weighted by molar-refractivity contribution is 0.0391. The minimum Gasteiger partial charge on any atom is -0.444 e. The van der Waals surface area contributed by atoms with Crippen LogP contribution in [0.1, 0.15) is 39.2 Å². The summed E-state index contributed by atoms with van der Waals surface area (Å²) in [6.45, 7) is 9.65. The van der Waals surface area contributed by atoms with E-state index in [1.165, 1.54) is 18.4 Å². The molecule has 4 heteroatoms. The summed E-state index contributed by atoms with van der Waals surface area (Å²) >= 11 is 0. The predicted octanol–water partition coefficient (Wildman–Crippen LogP) is 3.42. The number of carbonyl (C=O) groups excluding carboxylic acids is 1. The topological polar surface area (TPSA) is 41.6 Å². The molecule has 1 heterocycles. The number of ether oxygens (including phenoxy) is 1. The van der Waals surface area contributed by atoms with Gasteiger partial charge in [-0.15, -0.1) is 0 Å². The normalized spacial score (nSPS) is 27.2. The Kier molecular flexibility index (Phi) is 4.37. The Labute approximate surface area is 139 Å². The number of benzene rings is 1. The number of rotatable bonds is 4. The Bertz CT molecular complexity index is 552. The van der Waals surface area contributed by atoms with Gasteiger partial charge in [-0.2, -0.15) is 0 Å². The molecule has 2 atom stereocenters. The molecule has 1 saturated carbocycles. The summed E-state index contributed by atoms with van der Waals surface area (Å²) in [5, 5.41) is 3.00. The third-order valence-corrected chi connectivity index (χ3v) is 5.11. The van der Waals surface area contributed by atoms with E-state index in [1.807, 2.05) is 20.8 Å². The van der Waals surface area contributed by atoms with E-state index in [-0.39, 0.29) is 11.5 Å². The fourth-order valence-corrected chi connectivity index (χ4v) is 3.88. The van der Waals surface area contributed by atoms with Gasteiger partial charge in [0.05, 0.1) is 0 Å². The van der Waals surface area contributed by atoms with Gasteiger partial charge in [0.2, 0.25) is 0 Å². The summed E-state index contributed by atoms with van der Waals surface area (Å²) < 4.78 is 5.36. The van der Waals surface area contributed by atoms with Crippen molar-refractivity contribution in [2.45, 2.75) is 45.8 Å². The van der Waals surface area contributed by atoms with Gasteiger partial charge in [0.25, 0.3) is 0 Å². The molecule has 2 fully saturated rings. The van der Waals surface area contributed by atoms with E-state index in [9.17, 15) is 4.79 Å². The van der Waals surface area contributed by atoms with Crippen molar-refractivity contribution in [2.24, 2.45) is 11.3 Å². The molecule has 0 radical (unpaired) electrons. The molecule has 1 aromatic carbocycles. The highest BCUT2D eigenvalue weighted by Crippen LogP contribution is 2.51. The number of hydrogen-bond donors (Lipinski definition) is 1. The van der Waals surface area contributed by atoms with Crippen LogP contribution in [0.5, 0.6) is 0 Å². The molecule has 1 aromatic rings. The summed E-state index contributed by atoms with van der Waals surface area (Å²) in [5.41, 5.74) is 1.19. The Morgan fingerprint density at radius 2 is 2.09 bits per heavy atom. The Hall–Kier alpha value is -1.55. The number of carbonyl (C=O) groups is 1. The van der Waals surface area contributed by atoms with Crippen LogP contribution in [-0.4, -0.2) is 36.2 Å². The number of alkyl carbamates (subject to hydrolysis) is 1. The maximum Gasteiger partial charge on any atom is 0.407 e. The van der Waals surface area contributed by atoms with Crippen LogP contribution in [-0.2, 0) is 11.3 Å². The third kappa shape index (κ3) is 3.86. The van der Waals surface area contributed by atoms with Crippen molar-refractivity contribution in [3.05, 3.63) is 35.9 Å². The zero-order valence-corrected chi connectivity index (χ0v) is 14.5. The summed E-state index contributed by atoms with van der Waals surface area (Å²) in [6.07, 6.45) is 2.19. The van der Waals surface area contributed by atoms with Crippen LogP contribution in [0.15, 0.2) is 30.3 Å². The van der Waals surface area contributed by atoms with Gasteiger partial charge >= 0.3 is 6.09 Å². The maximum atomic E-state index is 11.9. The van der Waals surface area contributed by atoms with E-state index in [1.54, 1.807) is 0 Å². The average Bonchev–Trinajstić information content (AvgIpc) is 2.69. The standard InChI is InChI=1S/C19H28N2O2/c1-18(2,3)23-17(22)20-13-19-10-9-16(19)12-21(14-19)11-15-7-5-4-6-8-15/h4-8,16H,9-14H2,1-3H3,(H,20,22)/t16-,19+/m0/s1. The van der Waals surface area contributed by atoms with E-state index in [4.69, 9.17) is 4.74 Å². The summed E-state index contributed by atoms with van der Waals surface area (Å²) in [4.78, 5) is 14.4. The van der Waals surface area contributed by atoms with Gasteiger partial charge in [0, 0.05) is 31.6 Å². The second-order valence-corrected chi connectivity index (χ2v) is 8.11. The van der Waals surface area contributed by atoms with E-state index in [0.29, 0.717) is 5.92 Å². The van der Waals surface area contributed by atoms with Crippen LogP contribution in [0, 0.1) is 11.3 Å². The molecule has 0 bridgehead atoms. The van der Waals surface area contributed by atoms with Crippen LogP contribution in [0.25, 0.3) is 0 Å². The van der Waals surface area contributed by atoms with Crippen molar-refractivity contribution in [3.63, 3.8) is 0 Å². The maximum absolute atomic E-state index is 11.9. The lowest BCUT2D eigenvalue weighted by Gasteiger charge is -2.44. The number of fused-ring (bicyclic) bond motifs is 1.